The molecule has 1 amide bonds. The largest absolute Gasteiger partial charge is 0.480 e. The van der Waals surface area contributed by atoms with E-state index in [0.29, 0.717) is 12.2 Å². The summed E-state index contributed by atoms with van der Waals surface area (Å²) >= 11 is 0. The molecule has 5 nitrogen and oxygen atoms in total. The first-order valence-corrected chi connectivity index (χ1v) is 7.88. The standard InChI is InChI=1S/C19H19NO4/c1-13(19(22)23)20(12-14-7-3-2-4-8-14)18(21)17-11-15-9-5-6-10-16(15)24-17/h2-10,13,17H,11-12H2,1H3,(H,22,23). The van der Waals surface area contributed by atoms with Crippen LogP contribution in [0.1, 0.15) is 18.1 Å². The summed E-state index contributed by atoms with van der Waals surface area (Å²) in [4.78, 5) is 25.7. The Labute approximate surface area is 140 Å². The number of carbonyl (C=O) groups is 2. The van der Waals surface area contributed by atoms with Gasteiger partial charge in [0.05, 0.1) is 0 Å². The van der Waals surface area contributed by atoms with E-state index in [2.05, 4.69) is 0 Å². The van der Waals surface area contributed by atoms with Crippen molar-refractivity contribution < 1.29 is 19.4 Å². The molecule has 124 valence electrons. The first-order valence-electron chi connectivity index (χ1n) is 7.88. The van der Waals surface area contributed by atoms with Gasteiger partial charge in [0.15, 0.2) is 6.10 Å². The monoisotopic (exact) mass is 325 g/mol. The maximum atomic E-state index is 12.9. The topological polar surface area (TPSA) is 66.8 Å². The molecule has 2 aromatic carbocycles. The number of amides is 1. The summed E-state index contributed by atoms with van der Waals surface area (Å²) in [7, 11) is 0. The van der Waals surface area contributed by atoms with Crippen LogP contribution in [0.15, 0.2) is 54.6 Å². The average Bonchev–Trinajstić information content (AvgIpc) is 3.03. The van der Waals surface area contributed by atoms with Crippen LogP contribution < -0.4 is 4.74 Å². The number of hydrogen-bond donors (Lipinski definition) is 1. The molecule has 0 bridgehead atoms. The van der Waals surface area contributed by atoms with Crippen LogP contribution >= 0.6 is 0 Å². The second kappa shape index (κ2) is 6.74. The summed E-state index contributed by atoms with van der Waals surface area (Å²) in [5.41, 5.74) is 1.85. The predicted octanol–water partition coefficient (Wildman–Crippen LogP) is 2.49. The van der Waals surface area contributed by atoms with Gasteiger partial charge in [-0.15, -0.1) is 0 Å². The van der Waals surface area contributed by atoms with Gasteiger partial charge in [0, 0.05) is 13.0 Å². The van der Waals surface area contributed by atoms with Crippen LogP contribution in [-0.2, 0) is 22.6 Å². The van der Waals surface area contributed by atoms with E-state index in [1.807, 2.05) is 54.6 Å². The fourth-order valence-corrected chi connectivity index (χ4v) is 2.82. The number of aliphatic carboxylic acids is 1. The Balaban J connectivity index is 1.80. The normalized spacial score (nSPS) is 16.8. The Kier molecular flexibility index (Phi) is 4.51. The van der Waals surface area contributed by atoms with Crippen LogP contribution in [-0.4, -0.2) is 34.0 Å². The Morgan fingerprint density at radius 3 is 2.50 bits per heavy atom. The van der Waals surface area contributed by atoms with Gasteiger partial charge < -0.3 is 14.7 Å². The lowest BCUT2D eigenvalue weighted by Crippen LogP contribution is -2.48. The number of hydrogen-bond acceptors (Lipinski definition) is 3. The molecule has 0 aromatic heterocycles. The molecule has 5 heteroatoms. The van der Waals surface area contributed by atoms with Crippen LogP contribution in [0.4, 0.5) is 0 Å². The van der Waals surface area contributed by atoms with Gasteiger partial charge in [0.1, 0.15) is 11.8 Å². The first kappa shape index (κ1) is 16.1. The Bertz CT molecular complexity index is 719. The summed E-state index contributed by atoms with van der Waals surface area (Å²) < 4.78 is 5.73. The van der Waals surface area contributed by atoms with E-state index < -0.39 is 18.1 Å². The molecular weight excluding hydrogens is 306 g/mol. The molecule has 1 aliphatic heterocycles. The predicted molar refractivity (Wildman–Crippen MR) is 88.7 cm³/mol. The van der Waals surface area contributed by atoms with E-state index in [-0.39, 0.29) is 12.5 Å². The smallest absolute Gasteiger partial charge is 0.326 e. The van der Waals surface area contributed by atoms with Crippen LogP contribution in [0, 0.1) is 0 Å². The van der Waals surface area contributed by atoms with Crippen molar-refractivity contribution in [3.05, 3.63) is 65.7 Å². The molecule has 0 aliphatic carbocycles. The number of carboxylic acid groups (broad SMARTS) is 1. The maximum Gasteiger partial charge on any atom is 0.326 e. The number of benzene rings is 2. The molecule has 2 atom stereocenters. The van der Waals surface area contributed by atoms with Crippen molar-refractivity contribution in [1.82, 2.24) is 4.90 Å². The Morgan fingerprint density at radius 1 is 1.17 bits per heavy atom. The third kappa shape index (κ3) is 3.25. The van der Waals surface area contributed by atoms with Gasteiger partial charge >= 0.3 is 5.97 Å². The van der Waals surface area contributed by atoms with Crippen molar-refractivity contribution in [2.24, 2.45) is 0 Å². The van der Waals surface area contributed by atoms with E-state index in [1.165, 1.54) is 11.8 Å². The molecule has 1 heterocycles. The van der Waals surface area contributed by atoms with E-state index in [9.17, 15) is 14.7 Å². The van der Waals surface area contributed by atoms with Gasteiger partial charge in [-0.25, -0.2) is 4.79 Å². The molecule has 0 saturated heterocycles. The molecule has 24 heavy (non-hydrogen) atoms. The second-order valence-electron chi connectivity index (χ2n) is 5.88. The lowest BCUT2D eigenvalue weighted by atomic mass is 10.1. The minimum atomic E-state index is -1.03. The highest BCUT2D eigenvalue weighted by Crippen LogP contribution is 2.29. The van der Waals surface area contributed by atoms with E-state index >= 15 is 0 Å². The summed E-state index contributed by atoms with van der Waals surface area (Å²) in [6.45, 7) is 1.76. The number of rotatable bonds is 5. The van der Waals surface area contributed by atoms with Crippen LogP contribution in [0.3, 0.4) is 0 Å². The van der Waals surface area contributed by atoms with Crippen molar-refractivity contribution in [1.29, 1.82) is 0 Å². The lowest BCUT2D eigenvalue weighted by molar-refractivity contribution is -0.153. The lowest BCUT2D eigenvalue weighted by Gasteiger charge is -2.28. The Morgan fingerprint density at radius 2 is 1.83 bits per heavy atom. The van der Waals surface area contributed by atoms with Gasteiger partial charge in [-0.05, 0) is 24.1 Å². The molecule has 0 fully saturated rings. The molecule has 2 aromatic rings. The molecular formula is C19H19NO4. The van der Waals surface area contributed by atoms with Crippen LogP contribution in [0.2, 0.25) is 0 Å². The number of nitrogens with zero attached hydrogens (tertiary/aromatic N) is 1. The number of para-hydroxylation sites is 1. The van der Waals surface area contributed by atoms with Crippen molar-refractivity contribution in [3.8, 4) is 5.75 Å². The summed E-state index contributed by atoms with van der Waals surface area (Å²) in [6, 6.07) is 15.9. The quantitative estimate of drug-likeness (QED) is 0.917. The van der Waals surface area contributed by atoms with Gasteiger partial charge in [-0.2, -0.15) is 0 Å². The fourth-order valence-electron chi connectivity index (χ4n) is 2.82. The first-order chi connectivity index (χ1) is 11.6. The van der Waals surface area contributed by atoms with Crippen molar-refractivity contribution in [3.63, 3.8) is 0 Å². The van der Waals surface area contributed by atoms with Gasteiger partial charge in [0.25, 0.3) is 5.91 Å². The zero-order chi connectivity index (χ0) is 17.1. The number of ether oxygens (including phenoxy) is 1. The summed E-state index contributed by atoms with van der Waals surface area (Å²) in [6.07, 6.45) is -0.208. The SMILES string of the molecule is CC(C(=O)O)N(Cc1ccccc1)C(=O)C1Cc2ccccc2O1. The highest BCUT2D eigenvalue weighted by molar-refractivity contribution is 5.87. The molecule has 1 aliphatic rings. The van der Waals surface area contributed by atoms with Gasteiger partial charge in [-0.3, -0.25) is 4.79 Å². The fraction of sp³-hybridized carbons (Fsp3) is 0.263. The summed E-state index contributed by atoms with van der Waals surface area (Å²) in [5.74, 6) is -0.641. The third-order valence-corrected chi connectivity index (χ3v) is 4.23. The van der Waals surface area contributed by atoms with E-state index in [0.717, 1.165) is 11.1 Å². The van der Waals surface area contributed by atoms with E-state index in [4.69, 9.17) is 4.74 Å². The molecule has 0 radical (unpaired) electrons. The number of carboxylic acids is 1. The average molecular weight is 325 g/mol. The van der Waals surface area contributed by atoms with Crippen molar-refractivity contribution in [2.75, 3.05) is 0 Å². The zero-order valence-electron chi connectivity index (χ0n) is 13.4. The highest BCUT2D eigenvalue weighted by Gasteiger charge is 2.36. The van der Waals surface area contributed by atoms with E-state index in [1.54, 1.807) is 0 Å². The van der Waals surface area contributed by atoms with Gasteiger partial charge in [-0.1, -0.05) is 48.5 Å². The highest BCUT2D eigenvalue weighted by atomic mass is 16.5. The number of fused-ring (bicyclic) bond motifs is 1. The molecule has 0 spiro atoms. The van der Waals surface area contributed by atoms with Crippen LogP contribution in [0.25, 0.3) is 0 Å². The van der Waals surface area contributed by atoms with Crippen molar-refractivity contribution >= 4 is 11.9 Å². The molecule has 1 N–H and O–H groups in total. The van der Waals surface area contributed by atoms with Crippen LogP contribution in [0.5, 0.6) is 5.75 Å². The van der Waals surface area contributed by atoms with Gasteiger partial charge in [0.2, 0.25) is 0 Å². The third-order valence-electron chi connectivity index (χ3n) is 4.23. The summed E-state index contributed by atoms with van der Waals surface area (Å²) in [5, 5.41) is 9.36. The molecule has 2 unspecified atom stereocenters. The second-order valence-corrected chi connectivity index (χ2v) is 5.88. The zero-order valence-corrected chi connectivity index (χ0v) is 13.4. The number of carbonyl (C=O) groups excluding carboxylic acids is 1. The molecule has 3 rings (SSSR count). The minimum absolute atomic E-state index is 0.239. The molecule has 0 saturated carbocycles. The van der Waals surface area contributed by atoms with Crippen molar-refractivity contribution in [2.45, 2.75) is 32.0 Å². The Hall–Kier alpha value is -2.82. The maximum absolute atomic E-state index is 12.9. The minimum Gasteiger partial charge on any atom is -0.480 e.